The summed E-state index contributed by atoms with van der Waals surface area (Å²) in [6, 6.07) is 14.2. The molecule has 0 aliphatic heterocycles. The molecule has 2 heterocycles. The van der Waals surface area contributed by atoms with Gasteiger partial charge in [0.25, 0.3) is 0 Å². The normalized spacial score (nSPS) is 11.2. The zero-order chi connectivity index (χ0) is 17.5. The van der Waals surface area contributed by atoms with Gasteiger partial charge in [0, 0.05) is 44.5 Å². The lowest BCUT2D eigenvalue weighted by Gasteiger charge is -2.22. The van der Waals surface area contributed by atoms with Gasteiger partial charge in [0.2, 0.25) is 5.88 Å². The summed E-state index contributed by atoms with van der Waals surface area (Å²) in [6.45, 7) is 3.05. The number of rotatable bonds is 8. The summed E-state index contributed by atoms with van der Waals surface area (Å²) in [5, 5.41) is 2.20. The van der Waals surface area contributed by atoms with E-state index >= 15 is 0 Å². The number of fused-ring (bicyclic) bond motifs is 1. The van der Waals surface area contributed by atoms with Crippen LogP contribution in [0.15, 0.2) is 54.9 Å². The Morgan fingerprint density at radius 1 is 0.920 bits per heavy atom. The first-order chi connectivity index (χ1) is 12.3. The van der Waals surface area contributed by atoms with Crippen LogP contribution < -0.4 is 4.74 Å². The number of hydrogen-bond acceptors (Lipinski definition) is 5. The highest BCUT2D eigenvalue weighted by molar-refractivity contribution is 5.89. The van der Waals surface area contributed by atoms with Crippen LogP contribution in [-0.4, -0.2) is 42.2 Å². The average molecular weight is 337 g/mol. The molecule has 1 aromatic carbocycles. The molecule has 2 aromatic heterocycles. The van der Waals surface area contributed by atoms with Crippen molar-refractivity contribution in [2.45, 2.75) is 13.1 Å². The van der Waals surface area contributed by atoms with E-state index < -0.39 is 0 Å². The molecule has 0 radical (unpaired) electrons. The van der Waals surface area contributed by atoms with Crippen LogP contribution in [0.4, 0.5) is 0 Å². The average Bonchev–Trinajstić information content (AvgIpc) is 2.67. The van der Waals surface area contributed by atoms with Gasteiger partial charge in [0.1, 0.15) is 0 Å². The molecule has 0 amide bonds. The van der Waals surface area contributed by atoms with E-state index in [4.69, 9.17) is 9.47 Å². The Morgan fingerprint density at radius 2 is 1.72 bits per heavy atom. The van der Waals surface area contributed by atoms with Crippen LogP contribution in [0.25, 0.3) is 10.8 Å². The molecule has 0 saturated carbocycles. The molecular formula is C20H23N3O2. The number of ether oxygens (including phenoxy) is 2. The van der Waals surface area contributed by atoms with Gasteiger partial charge in [-0.15, -0.1) is 0 Å². The molecule has 130 valence electrons. The van der Waals surface area contributed by atoms with Crippen LogP contribution in [0, 0.1) is 0 Å². The number of benzene rings is 1. The summed E-state index contributed by atoms with van der Waals surface area (Å²) in [5.41, 5.74) is 2.22. The van der Waals surface area contributed by atoms with Crippen LogP contribution in [0.5, 0.6) is 5.88 Å². The Labute approximate surface area is 148 Å². The predicted molar refractivity (Wildman–Crippen MR) is 98.5 cm³/mol. The monoisotopic (exact) mass is 337 g/mol. The van der Waals surface area contributed by atoms with Gasteiger partial charge in [0.05, 0.1) is 19.4 Å². The predicted octanol–water partition coefficient (Wildman–Crippen LogP) is 3.29. The van der Waals surface area contributed by atoms with Gasteiger partial charge in [-0.1, -0.05) is 24.3 Å². The number of methoxy groups -OCH3 is 2. The largest absolute Gasteiger partial charge is 0.481 e. The molecule has 0 N–H and O–H groups in total. The number of nitrogens with zero attached hydrogens (tertiary/aromatic N) is 3. The van der Waals surface area contributed by atoms with Crippen LogP contribution in [-0.2, 0) is 17.8 Å². The quantitative estimate of drug-likeness (QED) is 0.631. The molecule has 0 aliphatic carbocycles. The van der Waals surface area contributed by atoms with Crippen LogP contribution >= 0.6 is 0 Å². The highest BCUT2D eigenvalue weighted by Crippen LogP contribution is 2.26. The first-order valence-electron chi connectivity index (χ1n) is 8.33. The van der Waals surface area contributed by atoms with E-state index in [1.807, 2.05) is 48.8 Å². The van der Waals surface area contributed by atoms with Gasteiger partial charge in [-0.2, -0.15) is 0 Å². The van der Waals surface area contributed by atoms with Crippen LogP contribution in [0.3, 0.4) is 0 Å². The molecule has 0 fully saturated rings. The standard InChI is InChI=1S/C20H23N3O2/c1-24-12-11-23(15-17-7-5-6-10-21-17)14-16-13-22-20(25-2)19-9-4-3-8-18(16)19/h3-10,13H,11-12,14-15H2,1-2H3. The Balaban J connectivity index is 1.87. The molecule has 0 bridgehead atoms. The minimum atomic E-state index is 0.660. The molecule has 0 aliphatic rings. The third-order valence-electron chi connectivity index (χ3n) is 4.15. The van der Waals surface area contributed by atoms with Gasteiger partial charge in [-0.3, -0.25) is 9.88 Å². The summed E-state index contributed by atoms with van der Waals surface area (Å²) >= 11 is 0. The maximum atomic E-state index is 5.39. The van der Waals surface area contributed by atoms with Crippen molar-refractivity contribution < 1.29 is 9.47 Å². The number of pyridine rings is 2. The second-order valence-corrected chi connectivity index (χ2v) is 5.86. The molecule has 0 unspecified atom stereocenters. The maximum Gasteiger partial charge on any atom is 0.221 e. The Hall–Kier alpha value is -2.50. The van der Waals surface area contributed by atoms with E-state index in [2.05, 4.69) is 20.9 Å². The van der Waals surface area contributed by atoms with Gasteiger partial charge in [-0.25, -0.2) is 4.98 Å². The van der Waals surface area contributed by atoms with E-state index in [-0.39, 0.29) is 0 Å². The summed E-state index contributed by atoms with van der Waals surface area (Å²) in [5.74, 6) is 0.660. The number of aromatic nitrogens is 2. The zero-order valence-electron chi connectivity index (χ0n) is 14.7. The van der Waals surface area contributed by atoms with Gasteiger partial charge in [-0.05, 0) is 29.1 Å². The summed E-state index contributed by atoms with van der Waals surface area (Å²) < 4.78 is 10.7. The lowest BCUT2D eigenvalue weighted by Crippen LogP contribution is -2.27. The summed E-state index contributed by atoms with van der Waals surface area (Å²) in [7, 11) is 3.38. The summed E-state index contributed by atoms with van der Waals surface area (Å²) in [6.07, 6.45) is 3.73. The second-order valence-electron chi connectivity index (χ2n) is 5.86. The Morgan fingerprint density at radius 3 is 2.44 bits per heavy atom. The second kappa shape index (κ2) is 8.55. The smallest absolute Gasteiger partial charge is 0.221 e. The first-order valence-corrected chi connectivity index (χ1v) is 8.33. The fourth-order valence-electron chi connectivity index (χ4n) is 2.91. The minimum Gasteiger partial charge on any atom is -0.481 e. The highest BCUT2D eigenvalue weighted by Gasteiger charge is 2.12. The highest BCUT2D eigenvalue weighted by atomic mass is 16.5. The fraction of sp³-hybridized carbons (Fsp3) is 0.300. The third kappa shape index (κ3) is 4.32. The third-order valence-corrected chi connectivity index (χ3v) is 4.15. The number of hydrogen-bond donors (Lipinski definition) is 0. The van der Waals surface area contributed by atoms with Crippen molar-refractivity contribution in [3.63, 3.8) is 0 Å². The molecule has 5 nitrogen and oxygen atoms in total. The van der Waals surface area contributed by atoms with Crippen molar-refractivity contribution >= 4 is 10.8 Å². The van der Waals surface area contributed by atoms with Crippen molar-refractivity contribution in [3.05, 3.63) is 66.1 Å². The van der Waals surface area contributed by atoms with Crippen molar-refractivity contribution in [2.24, 2.45) is 0 Å². The molecule has 0 atom stereocenters. The Kier molecular flexibility index (Phi) is 5.93. The minimum absolute atomic E-state index is 0.660. The van der Waals surface area contributed by atoms with Crippen molar-refractivity contribution in [3.8, 4) is 5.88 Å². The molecule has 3 aromatic rings. The topological polar surface area (TPSA) is 47.5 Å². The van der Waals surface area contributed by atoms with E-state index in [1.165, 1.54) is 5.56 Å². The first kappa shape index (κ1) is 17.3. The Bertz CT molecular complexity index is 808. The van der Waals surface area contributed by atoms with Crippen LogP contribution in [0.2, 0.25) is 0 Å². The molecule has 25 heavy (non-hydrogen) atoms. The van der Waals surface area contributed by atoms with E-state index in [9.17, 15) is 0 Å². The summed E-state index contributed by atoms with van der Waals surface area (Å²) in [4.78, 5) is 11.2. The van der Waals surface area contributed by atoms with Crippen molar-refractivity contribution in [2.75, 3.05) is 27.4 Å². The lowest BCUT2D eigenvalue weighted by molar-refractivity contribution is 0.139. The van der Waals surface area contributed by atoms with E-state index in [0.717, 1.165) is 36.1 Å². The van der Waals surface area contributed by atoms with Crippen molar-refractivity contribution in [1.29, 1.82) is 0 Å². The molecule has 0 saturated heterocycles. The zero-order valence-corrected chi connectivity index (χ0v) is 14.7. The molecule has 0 spiro atoms. The SMILES string of the molecule is COCCN(Cc1ccccn1)Cc1cnc(OC)c2ccccc12. The molecule has 3 rings (SSSR count). The van der Waals surface area contributed by atoms with E-state index in [0.29, 0.717) is 12.5 Å². The fourth-order valence-corrected chi connectivity index (χ4v) is 2.91. The van der Waals surface area contributed by atoms with Gasteiger partial charge < -0.3 is 9.47 Å². The van der Waals surface area contributed by atoms with Gasteiger partial charge in [0.15, 0.2) is 0 Å². The lowest BCUT2D eigenvalue weighted by atomic mass is 10.1. The van der Waals surface area contributed by atoms with Crippen LogP contribution in [0.1, 0.15) is 11.3 Å². The van der Waals surface area contributed by atoms with Crippen molar-refractivity contribution in [1.82, 2.24) is 14.9 Å². The molecule has 5 heteroatoms. The van der Waals surface area contributed by atoms with E-state index in [1.54, 1.807) is 14.2 Å². The maximum absolute atomic E-state index is 5.39. The van der Waals surface area contributed by atoms with Gasteiger partial charge >= 0.3 is 0 Å². The molecular weight excluding hydrogens is 314 g/mol.